The molecule has 4 nitrogen and oxygen atoms in total. The fraction of sp³-hybridized carbons (Fsp3) is 0.250. The van der Waals surface area contributed by atoms with Crippen LogP contribution >= 0.6 is 11.3 Å². The number of hydrogen-bond donors (Lipinski definition) is 1. The summed E-state index contributed by atoms with van der Waals surface area (Å²) in [6, 6.07) is 7.88. The van der Waals surface area contributed by atoms with Gasteiger partial charge in [0.25, 0.3) is 5.91 Å². The maximum Gasteiger partial charge on any atom is 0.405 e. The zero-order valence-corrected chi connectivity index (χ0v) is 13.5. The molecule has 0 radical (unpaired) electrons. The Balaban J connectivity index is 1.86. The Hall–Kier alpha value is -2.35. The number of carbonyl (C=O) groups is 1. The predicted octanol–water partition coefficient (Wildman–Crippen LogP) is 3.92. The number of alkyl halides is 3. The molecule has 1 aromatic carbocycles. The molecule has 0 unspecified atom stereocenters. The summed E-state index contributed by atoms with van der Waals surface area (Å²) in [5, 5.41) is 3.37. The van der Waals surface area contributed by atoms with E-state index >= 15 is 0 Å². The van der Waals surface area contributed by atoms with E-state index in [4.69, 9.17) is 0 Å². The molecule has 0 saturated heterocycles. The van der Waals surface area contributed by atoms with Crippen LogP contribution in [0, 0.1) is 0 Å². The molecule has 0 aliphatic heterocycles. The van der Waals surface area contributed by atoms with E-state index in [-0.39, 0.29) is 5.69 Å². The summed E-state index contributed by atoms with van der Waals surface area (Å²) in [6.45, 7) is 0.705. The van der Waals surface area contributed by atoms with Gasteiger partial charge in [-0.2, -0.15) is 13.2 Å². The number of halogens is 3. The van der Waals surface area contributed by atoms with Crippen LogP contribution in [0.3, 0.4) is 0 Å². The van der Waals surface area contributed by atoms with E-state index in [9.17, 15) is 18.0 Å². The van der Waals surface area contributed by atoms with E-state index in [0.717, 1.165) is 12.0 Å². The molecule has 0 fully saturated rings. The number of rotatable bonds is 4. The first-order valence-electron chi connectivity index (χ1n) is 7.28. The minimum absolute atomic E-state index is 0.142. The quantitative estimate of drug-likeness (QED) is 0.773. The lowest BCUT2D eigenvalue weighted by atomic mass is 10.1. The Morgan fingerprint density at radius 2 is 2.00 bits per heavy atom. The van der Waals surface area contributed by atoms with Crippen LogP contribution in [0.2, 0.25) is 0 Å². The molecule has 24 heavy (non-hydrogen) atoms. The molecule has 0 atom stereocenters. The third-order valence-electron chi connectivity index (χ3n) is 3.55. The molecular weight excluding hydrogens is 339 g/mol. The van der Waals surface area contributed by atoms with Gasteiger partial charge >= 0.3 is 6.18 Å². The summed E-state index contributed by atoms with van der Waals surface area (Å²) in [5.74, 6) is -0.774. The molecule has 2 aromatic heterocycles. The number of imidazole rings is 1. The first-order chi connectivity index (χ1) is 11.4. The largest absolute Gasteiger partial charge is 0.405 e. The van der Waals surface area contributed by atoms with Gasteiger partial charge in [0, 0.05) is 17.1 Å². The summed E-state index contributed by atoms with van der Waals surface area (Å²) in [6.07, 6.45) is -1.84. The number of fused-ring (bicyclic) bond motifs is 1. The van der Waals surface area contributed by atoms with Crippen molar-refractivity contribution >= 4 is 22.2 Å². The molecule has 8 heteroatoms. The lowest BCUT2D eigenvalue weighted by molar-refractivity contribution is -0.123. The van der Waals surface area contributed by atoms with Gasteiger partial charge < -0.3 is 5.32 Å². The van der Waals surface area contributed by atoms with E-state index in [1.807, 2.05) is 29.6 Å². The van der Waals surface area contributed by atoms with Crippen LogP contribution in [0.4, 0.5) is 13.2 Å². The number of hydrogen-bond acceptors (Lipinski definition) is 3. The van der Waals surface area contributed by atoms with E-state index in [2.05, 4.69) is 11.9 Å². The molecular formula is C16H14F3N3OS. The van der Waals surface area contributed by atoms with Gasteiger partial charge in [0.05, 0.1) is 5.69 Å². The number of aromatic nitrogens is 2. The minimum Gasteiger partial charge on any atom is -0.342 e. The zero-order chi connectivity index (χ0) is 17.3. The lowest BCUT2D eigenvalue weighted by Crippen LogP contribution is -2.34. The van der Waals surface area contributed by atoms with E-state index in [1.54, 1.807) is 6.20 Å². The predicted molar refractivity (Wildman–Crippen MR) is 86.3 cm³/mol. The minimum atomic E-state index is -4.44. The zero-order valence-electron chi connectivity index (χ0n) is 12.7. The molecule has 1 N–H and O–H groups in total. The van der Waals surface area contributed by atoms with Crippen LogP contribution < -0.4 is 5.32 Å². The van der Waals surface area contributed by atoms with Crippen molar-refractivity contribution in [3.05, 3.63) is 47.1 Å². The molecule has 0 spiro atoms. The van der Waals surface area contributed by atoms with Crippen molar-refractivity contribution in [3.8, 4) is 11.3 Å². The average Bonchev–Trinajstić information content (AvgIpc) is 3.12. The number of amides is 1. The highest BCUT2D eigenvalue weighted by Crippen LogP contribution is 2.24. The molecule has 1 amide bonds. The fourth-order valence-corrected chi connectivity index (χ4v) is 3.12. The summed E-state index contributed by atoms with van der Waals surface area (Å²) in [7, 11) is 0. The van der Waals surface area contributed by atoms with Gasteiger partial charge in [-0.3, -0.25) is 9.20 Å². The summed E-state index contributed by atoms with van der Waals surface area (Å²) < 4.78 is 38.2. The SMILES string of the molecule is CCc1ccc(-c2cn3c(C(=O)NCC(F)(F)F)csc3n2)cc1. The second-order valence-electron chi connectivity index (χ2n) is 5.25. The van der Waals surface area contributed by atoms with Gasteiger partial charge in [0.2, 0.25) is 0 Å². The highest BCUT2D eigenvalue weighted by atomic mass is 32.1. The van der Waals surface area contributed by atoms with Gasteiger partial charge in [-0.15, -0.1) is 11.3 Å². The van der Waals surface area contributed by atoms with Crippen LogP contribution in [0.1, 0.15) is 23.0 Å². The van der Waals surface area contributed by atoms with Gasteiger partial charge in [0.1, 0.15) is 12.2 Å². The van der Waals surface area contributed by atoms with Crippen molar-refractivity contribution in [2.24, 2.45) is 0 Å². The maximum absolute atomic E-state index is 12.2. The molecule has 0 aliphatic rings. The van der Waals surface area contributed by atoms with Crippen LogP contribution in [0.25, 0.3) is 16.2 Å². The van der Waals surface area contributed by atoms with Gasteiger partial charge in [-0.05, 0) is 12.0 Å². The molecule has 3 rings (SSSR count). The highest BCUT2D eigenvalue weighted by Gasteiger charge is 2.28. The third kappa shape index (κ3) is 3.43. The first kappa shape index (κ1) is 16.5. The lowest BCUT2D eigenvalue weighted by Gasteiger charge is -2.07. The summed E-state index contributed by atoms with van der Waals surface area (Å²) in [5.41, 5.74) is 2.91. The Morgan fingerprint density at radius 1 is 1.29 bits per heavy atom. The second-order valence-corrected chi connectivity index (χ2v) is 6.08. The molecule has 126 valence electrons. The molecule has 0 bridgehead atoms. The average molecular weight is 353 g/mol. The van der Waals surface area contributed by atoms with E-state index < -0.39 is 18.6 Å². The molecule has 0 saturated carbocycles. The Morgan fingerprint density at radius 3 is 2.62 bits per heavy atom. The Labute approximate surface area is 139 Å². The molecule has 0 aliphatic carbocycles. The van der Waals surface area contributed by atoms with E-state index in [0.29, 0.717) is 10.7 Å². The van der Waals surface area contributed by atoms with Crippen molar-refractivity contribution in [2.45, 2.75) is 19.5 Å². The summed E-state index contributed by atoms with van der Waals surface area (Å²) in [4.78, 5) is 16.9. The van der Waals surface area contributed by atoms with Gasteiger partial charge in [-0.1, -0.05) is 31.2 Å². The highest BCUT2D eigenvalue weighted by molar-refractivity contribution is 7.15. The molecule has 3 aromatic rings. The van der Waals surface area contributed by atoms with Crippen molar-refractivity contribution in [2.75, 3.05) is 6.54 Å². The number of nitrogens with one attached hydrogen (secondary N) is 1. The number of thiazole rings is 1. The van der Waals surface area contributed by atoms with Gasteiger partial charge in [-0.25, -0.2) is 4.98 Å². The van der Waals surface area contributed by atoms with Crippen LogP contribution in [0.5, 0.6) is 0 Å². The van der Waals surface area contributed by atoms with E-state index in [1.165, 1.54) is 26.7 Å². The normalized spacial score (nSPS) is 11.8. The van der Waals surface area contributed by atoms with Crippen molar-refractivity contribution in [3.63, 3.8) is 0 Å². The van der Waals surface area contributed by atoms with Crippen LogP contribution in [-0.4, -0.2) is 28.0 Å². The Bertz CT molecular complexity index is 865. The number of carbonyl (C=O) groups excluding carboxylic acids is 1. The van der Waals surface area contributed by atoms with Crippen molar-refractivity contribution < 1.29 is 18.0 Å². The second kappa shape index (κ2) is 6.27. The van der Waals surface area contributed by atoms with Gasteiger partial charge in [0.15, 0.2) is 4.96 Å². The standard InChI is InChI=1S/C16H14F3N3OS/c1-2-10-3-5-11(6-4-10)12-7-22-13(8-24-15(22)21-12)14(23)20-9-16(17,18)19/h3-8H,2,9H2,1H3,(H,20,23). The number of nitrogens with zero attached hydrogens (tertiary/aromatic N) is 2. The van der Waals surface area contributed by atoms with Crippen molar-refractivity contribution in [1.29, 1.82) is 0 Å². The summed E-state index contributed by atoms with van der Waals surface area (Å²) >= 11 is 1.21. The molecule has 2 heterocycles. The Kier molecular flexibility index (Phi) is 4.31. The number of benzene rings is 1. The van der Waals surface area contributed by atoms with Crippen LogP contribution in [0.15, 0.2) is 35.8 Å². The third-order valence-corrected chi connectivity index (χ3v) is 4.39. The fourth-order valence-electron chi connectivity index (χ4n) is 2.27. The topological polar surface area (TPSA) is 46.4 Å². The van der Waals surface area contributed by atoms with Crippen LogP contribution in [-0.2, 0) is 6.42 Å². The number of aryl methyl sites for hydroxylation is 1. The van der Waals surface area contributed by atoms with Crippen molar-refractivity contribution in [1.82, 2.24) is 14.7 Å². The smallest absolute Gasteiger partial charge is 0.342 e. The maximum atomic E-state index is 12.2. The monoisotopic (exact) mass is 353 g/mol. The first-order valence-corrected chi connectivity index (χ1v) is 8.16.